The number of hydrogen-bond donors (Lipinski definition) is 1. The molecule has 166 valence electrons. The van der Waals surface area contributed by atoms with Gasteiger partial charge in [0, 0.05) is 24.2 Å². The van der Waals surface area contributed by atoms with E-state index in [4.69, 9.17) is 4.74 Å². The van der Waals surface area contributed by atoms with E-state index in [2.05, 4.69) is 24.7 Å². The number of ether oxygens (including phenoxy) is 1. The van der Waals surface area contributed by atoms with E-state index in [9.17, 15) is 8.42 Å². The van der Waals surface area contributed by atoms with Gasteiger partial charge in [0.2, 0.25) is 5.95 Å². The highest BCUT2D eigenvalue weighted by Crippen LogP contribution is 2.39. The second-order valence-electron chi connectivity index (χ2n) is 7.48. The Morgan fingerprint density at radius 1 is 0.909 bits per heavy atom. The fraction of sp³-hybridized carbons (Fsp3) is 0.130. The average molecular weight is 461 g/mol. The highest BCUT2D eigenvalue weighted by atomic mass is 32.2. The van der Waals surface area contributed by atoms with Gasteiger partial charge in [-0.3, -0.25) is 4.40 Å². The largest absolute Gasteiger partial charge is 0.496 e. The highest BCUT2D eigenvalue weighted by Gasteiger charge is 2.24. The third-order valence-corrected chi connectivity index (χ3v) is 6.65. The molecule has 4 heterocycles. The summed E-state index contributed by atoms with van der Waals surface area (Å²) < 4.78 is 36.1. The number of rotatable bonds is 5. The van der Waals surface area contributed by atoms with E-state index in [1.807, 2.05) is 13.8 Å². The van der Waals surface area contributed by atoms with E-state index in [-0.39, 0.29) is 10.8 Å². The highest BCUT2D eigenvalue weighted by molar-refractivity contribution is 7.92. The lowest BCUT2D eigenvalue weighted by Gasteiger charge is -2.10. The Bertz CT molecular complexity index is 1610. The molecule has 0 atom stereocenters. The molecule has 0 fully saturated rings. The number of benzene rings is 1. The lowest BCUT2D eigenvalue weighted by Crippen LogP contribution is -2.16. The Morgan fingerprint density at radius 2 is 1.64 bits per heavy atom. The molecule has 0 aliphatic carbocycles. The van der Waals surface area contributed by atoms with Gasteiger partial charge in [-0.15, -0.1) is 0 Å². The first-order valence-electron chi connectivity index (χ1n) is 10.1. The Labute approximate surface area is 190 Å². The van der Waals surface area contributed by atoms with Gasteiger partial charge < -0.3 is 4.74 Å². The van der Waals surface area contributed by atoms with Crippen molar-refractivity contribution in [1.29, 1.82) is 0 Å². The second-order valence-corrected chi connectivity index (χ2v) is 9.17. The summed E-state index contributed by atoms with van der Waals surface area (Å²) in [6, 6.07) is 11.9. The van der Waals surface area contributed by atoms with Crippen molar-refractivity contribution in [3.8, 4) is 17.0 Å². The van der Waals surface area contributed by atoms with E-state index in [1.165, 1.54) is 0 Å². The molecule has 0 aliphatic rings. The molecule has 1 N–H and O–H groups in total. The summed E-state index contributed by atoms with van der Waals surface area (Å²) in [5, 5.41) is 0.696. The summed E-state index contributed by atoms with van der Waals surface area (Å²) in [6.45, 7) is 3.70. The summed E-state index contributed by atoms with van der Waals surface area (Å²) >= 11 is 0. The van der Waals surface area contributed by atoms with Crippen LogP contribution in [-0.4, -0.2) is 39.9 Å². The number of sulfonamides is 1. The lowest BCUT2D eigenvalue weighted by molar-refractivity contribution is 0.419. The number of anilines is 1. The van der Waals surface area contributed by atoms with Gasteiger partial charge in [0.15, 0.2) is 5.65 Å². The maximum atomic E-state index is 13.1. The molecule has 0 aliphatic heterocycles. The lowest BCUT2D eigenvalue weighted by atomic mass is 10.1. The predicted octanol–water partition coefficient (Wildman–Crippen LogP) is 3.77. The molecule has 0 bridgehead atoms. The van der Waals surface area contributed by atoms with Gasteiger partial charge in [-0.1, -0.05) is 17.7 Å². The normalized spacial score (nSPS) is 11.7. The van der Waals surface area contributed by atoms with Crippen molar-refractivity contribution in [3.05, 3.63) is 72.4 Å². The van der Waals surface area contributed by atoms with Crippen LogP contribution in [0.1, 0.15) is 11.4 Å². The molecular formula is C23H20N6O3S. The zero-order valence-electron chi connectivity index (χ0n) is 18.1. The predicted molar refractivity (Wildman–Crippen MR) is 125 cm³/mol. The zero-order chi connectivity index (χ0) is 23.2. The Kier molecular flexibility index (Phi) is 4.94. The fourth-order valence-electron chi connectivity index (χ4n) is 3.79. The van der Waals surface area contributed by atoms with E-state index in [1.54, 1.807) is 72.6 Å². The number of nitrogens with one attached hydrogen (secondary N) is 1. The first-order chi connectivity index (χ1) is 15.9. The van der Waals surface area contributed by atoms with Crippen LogP contribution in [-0.2, 0) is 10.0 Å². The van der Waals surface area contributed by atoms with Crippen molar-refractivity contribution in [1.82, 2.24) is 24.3 Å². The molecule has 0 unspecified atom stereocenters. The topological polar surface area (TPSA) is 111 Å². The van der Waals surface area contributed by atoms with Crippen molar-refractivity contribution in [2.45, 2.75) is 18.7 Å². The van der Waals surface area contributed by atoms with Crippen LogP contribution in [0.3, 0.4) is 0 Å². The summed E-state index contributed by atoms with van der Waals surface area (Å²) in [5.41, 5.74) is 3.55. The van der Waals surface area contributed by atoms with E-state index in [0.29, 0.717) is 33.8 Å². The molecule has 0 saturated heterocycles. The quantitative estimate of drug-likeness (QED) is 0.425. The smallest absolute Gasteiger partial charge is 0.264 e. The molecule has 4 aromatic heterocycles. The monoisotopic (exact) mass is 460 g/mol. The minimum atomic E-state index is -3.89. The molecule has 5 rings (SSSR count). The first-order valence-corrected chi connectivity index (χ1v) is 11.6. The third kappa shape index (κ3) is 3.54. The molecular weight excluding hydrogens is 440 g/mol. The SMILES string of the molecule is COc1ccnc2c1c(-c1ccnc(C)n1)c1ccnc(NS(=O)(=O)c3ccc(C)cc3)n12. The van der Waals surface area contributed by atoms with Gasteiger partial charge in [0.1, 0.15) is 11.6 Å². The maximum Gasteiger partial charge on any atom is 0.264 e. The Morgan fingerprint density at radius 3 is 2.36 bits per heavy atom. The number of methoxy groups -OCH3 is 1. The van der Waals surface area contributed by atoms with Crippen LogP contribution in [0.25, 0.3) is 27.8 Å². The number of aryl methyl sites for hydroxylation is 2. The van der Waals surface area contributed by atoms with Gasteiger partial charge in [-0.25, -0.2) is 33.1 Å². The maximum absolute atomic E-state index is 13.1. The first kappa shape index (κ1) is 20.8. The summed E-state index contributed by atoms with van der Waals surface area (Å²) in [7, 11) is -2.31. The molecule has 0 amide bonds. The van der Waals surface area contributed by atoms with Gasteiger partial charge in [0.25, 0.3) is 10.0 Å². The molecule has 0 spiro atoms. The van der Waals surface area contributed by atoms with Crippen LogP contribution in [0.5, 0.6) is 5.75 Å². The summed E-state index contributed by atoms with van der Waals surface area (Å²) in [4.78, 5) is 17.8. The van der Waals surface area contributed by atoms with Crippen LogP contribution in [0.2, 0.25) is 0 Å². The van der Waals surface area contributed by atoms with E-state index < -0.39 is 10.0 Å². The van der Waals surface area contributed by atoms with Crippen LogP contribution >= 0.6 is 0 Å². The number of nitrogens with zero attached hydrogens (tertiary/aromatic N) is 5. The van der Waals surface area contributed by atoms with Gasteiger partial charge in [-0.2, -0.15) is 0 Å². The van der Waals surface area contributed by atoms with Gasteiger partial charge in [0.05, 0.1) is 28.6 Å². The van der Waals surface area contributed by atoms with Crippen molar-refractivity contribution in [2.24, 2.45) is 0 Å². The Hall–Kier alpha value is -4.05. The minimum absolute atomic E-state index is 0.107. The van der Waals surface area contributed by atoms with Crippen LogP contribution in [0.4, 0.5) is 5.95 Å². The fourth-order valence-corrected chi connectivity index (χ4v) is 4.79. The van der Waals surface area contributed by atoms with Crippen molar-refractivity contribution >= 4 is 32.5 Å². The number of fused-ring (bicyclic) bond motifs is 3. The summed E-state index contributed by atoms with van der Waals surface area (Å²) in [5.74, 6) is 1.30. The molecule has 9 nitrogen and oxygen atoms in total. The van der Waals surface area contributed by atoms with Crippen molar-refractivity contribution in [2.75, 3.05) is 11.8 Å². The molecule has 0 saturated carbocycles. The van der Waals surface area contributed by atoms with Crippen LogP contribution < -0.4 is 9.46 Å². The van der Waals surface area contributed by atoms with Crippen LogP contribution in [0, 0.1) is 13.8 Å². The molecule has 33 heavy (non-hydrogen) atoms. The molecule has 10 heteroatoms. The van der Waals surface area contributed by atoms with Gasteiger partial charge >= 0.3 is 0 Å². The number of pyridine rings is 1. The standard InChI is InChI=1S/C23H20N6O3S/c1-14-4-6-16(7-5-14)33(30,31)28-23-26-12-9-18-20(17-8-11-24-15(2)27-17)21-19(32-3)10-13-25-22(21)29(18)23/h4-13H,1-3H3,(H,26,28). The number of hydrogen-bond acceptors (Lipinski definition) is 7. The molecule has 5 aromatic rings. The van der Waals surface area contributed by atoms with E-state index >= 15 is 0 Å². The number of aromatic nitrogens is 5. The minimum Gasteiger partial charge on any atom is -0.496 e. The van der Waals surface area contributed by atoms with Gasteiger partial charge in [-0.05, 0) is 44.2 Å². The third-order valence-electron chi connectivity index (χ3n) is 5.30. The Balaban J connectivity index is 1.80. The zero-order valence-corrected chi connectivity index (χ0v) is 19.0. The van der Waals surface area contributed by atoms with Crippen LogP contribution in [0.15, 0.2) is 66.0 Å². The van der Waals surface area contributed by atoms with E-state index in [0.717, 1.165) is 11.1 Å². The second kappa shape index (κ2) is 7.82. The molecule has 0 radical (unpaired) electrons. The average Bonchev–Trinajstić information content (AvgIpc) is 3.14. The molecule has 1 aromatic carbocycles. The van der Waals surface area contributed by atoms with Crippen molar-refractivity contribution in [3.63, 3.8) is 0 Å². The van der Waals surface area contributed by atoms with Crippen molar-refractivity contribution < 1.29 is 13.2 Å². The summed E-state index contributed by atoms with van der Waals surface area (Å²) in [6.07, 6.45) is 4.83.